The Morgan fingerprint density at radius 1 is 0.507 bits per heavy atom. The summed E-state index contributed by atoms with van der Waals surface area (Å²) < 4.78 is 19.2. The van der Waals surface area contributed by atoms with Gasteiger partial charge in [0.25, 0.3) is 0 Å². The number of ether oxygens (including phenoxy) is 3. The third kappa shape index (κ3) is 8.03. The first-order chi connectivity index (χ1) is 33.2. The lowest BCUT2D eigenvalue weighted by molar-refractivity contribution is -0.162. The maximum atomic E-state index is 7.06. The molecule has 3 N–H and O–H groups in total. The number of nitrogens with zero attached hydrogens (tertiary/aromatic N) is 2. The molecular weight excluding hydrogens is 827 g/mol. The van der Waals surface area contributed by atoms with Crippen LogP contribution in [0.25, 0.3) is 90.0 Å². The molecule has 4 aromatic carbocycles. The van der Waals surface area contributed by atoms with Crippen LogP contribution in [-0.4, -0.2) is 58.2 Å². The van der Waals surface area contributed by atoms with E-state index < -0.39 is 0 Å². The Balaban J connectivity index is 1.14. The van der Waals surface area contributed by atoms with Gasteiger partial charge in [0.15, 0.2) is 6.29 Å². The minimum atomic E-state index is -0.138. The van der Waals surface area contributed by atoms with Crippen LogP contribution in [0.3, 0.4) is 0 Å². The van der Waals surface area contributed by atoms with Crippen LogP contribution in [-0.2, 0) is 14.2 Å². The molecule has 0 radical (unpaired) electrons. The monoisotopic (exact) mass is 881 g/mol. The molecule has 1 unspecified atom stereocenters. The molecule has 7 aromatic rings. The molecule has 8 nitrogen and oxygen atoms in total. The number of H-pyrrole nitrogens is 2. The van der Waals surface area contributed by atoms with Crippen LogP contribution in [0.5, 0.6) is 0 Å². The molecule has 0 spiro atoms. The Morgan fingerprint density at radius 2 is 1.03 bits per heavy atom. The van der Waals surface area contributed by atoms with Crippen LogP contribution in [0.2, 0.25) is 0 Å². The number of nitrogens with one attached hydrogen (secondary N) is 3. The summed E-state index contributed by atoms with van der Waals surface area (Å²) in [5, 5.41) is 4.24. The van der Waals surface area contributed by atoms with E-state index in [1.807, 2.05) is 0 Å². The number of fused-ring (bicyclic) bond motifs is 12. The Bertz CT molecular complexity index is 3130. The molecule has 0 aliphatic carbocycles. The minimum absolute atomic E-state index is 0.0659. The SMILES string of the molecule is C1=Cc2nc1c(-c1ccccc1)c1ccc([nH]1)c(-c1ccccc1)c1nc(c(-c3ccccc3)c3ccc([nH]3)c2-c2ccccc2)C2=C1N[C@H](CCCCOC1CCCCO1)[C@H]1CCCO[C@@H]21. The Morgan fingerprint density at radius 3 is 1.58 bits per heavy atom. The smallest absolute Gasteiger partial charge is 0.157 e. The maximum absolute atomic E-state index is 7.06. The van der Waals surface area contributed by atoms with Crippen LogP contribution in [0, 0.1) is 5.92 Å². The summed E-state index contributed by atoms with van der Waals surface area (Å²) in [5.74, 6) is 0.278. The Labute approximate surface area is 391 Å². The van der Waals surface area contributed by atoms with Gasteiger partial charge >= 0.3 is 0 Å². The standard InChI is InChI=1S/C59H55N5O3/c1-5-18-38(19-6-1)51-44-29-30-45(60-44)52(39-20-7-2-8-21-39)47-32-34-49(62-47)54(41-24-11-4-12-25-41)57-58-55(56(64-57)53(40-22-9-3-10-23-40)48-33-31-46(51)61-48)59-42(26-17-37-67-59)43(63-58)27-13-15-35-65-50-28-14-16-36-66-50/h1-12,18-25,29-34,42-43,50,59,61-63H,13-17,26-28,35-37H2/t42-,43-,50?,59-/m1/s1. The fraction of sp³-hybridized carbons (Fsp3) is 0.254. The minimum Gasteiger partial charge on any atom is -0.380 e. The summed E-state index contributed by atoms with van der Waals surface area (Å²) in [6.07, 6.45) is 12.5. The van der Waals surface area contributed by atoms with Gasteiger partial charge in [-0.05, 0) is 110 Å². The molecule has 5 aliphatic heterocycles. The van der Waals surface area contributed by atoms with E-state index in [0.29, 0.717) is 13.2 Å². The molecule has 8 bridgehead atoms. The summed E-state index contributed by atoms with van der Waals surface area (Å²) in [6, 6.07) is 51.8. The number of hydrogen-bond donors (Lipinski definition) is 3. The zero-order chi connectivity index (χ0) is 44.5. The van der Waals surface area contributed by atoms with Crippen molar-refractivity contribution in [3.63, 3.8) is 0 Å². The molecule has 5 aliphatic rings. The van der Waals surface area contributed by atoms with Gasteiger partial charge < -0.3 is 29.5 Å². The number of aromatic nitrogens is 4. The molecule has 4 atom stereocenters. The van der Waals surface area contributed by atoms with Crippen LogP contribution in [0.1, 0.15) is 74.1 Å². The van der Waals surface area contributed by atoms with E-state index in [4.69, 9.17) is 24.2 Å². The van der Waals surface area contributed by atoms with Crippen molar-refractivity contribution in [2.45, 2.75) is 69.8 Å². The van der Waals surface area contributed by atoms with Crippen molar-refractivity contribution in [3.8, 4) is 44.5 Å². The van der Waals surface area contributed by atoms with Crippen molar-refractivity contribution in [3.05, 3.63) is 168 Å². The molecule has 12 rings (SSSR count). The number of hydrogen-bond acceptors (Lipinski definition) is 6. The molecule has 2 saturated heterocycles. The van der Waals surface area contributed by atoms with Crippen LogP contribution in [0.15, 0.2) is 146 Å². The van der Waals surface area contributed by atoms with Gasteiger partial charge in [-0.15, -0.1) is 0 Å². The van der Waals surface area contributed by atoms with E-state index in [1.54, 1.807) is 0 Å². The number of unbranched alkanes of at least 4 members (excludes halogenated alkanes) is 1. The summed E-state index contributed by atoms with van der Waals surface area (Å²) in [7, 11) is 0. The van der Waals surface area contributed by atoms with E-state index >= 15 is 0 Å². The molecule has 67 heavy (non-hydrogen) atoms. The highest BCUT2D eigenvalue weighted by molar-refractivity contribution is 6.06. The van der Waals surface area contributed by atoms with Gasteiger partial charge in [0.2, 0.25) is 0 Å². The topological polar surface area (TPSA) is 97.1 Å². The first kappa shape index (κ1) is 41.6. The highest BCUT2D eigenvalue weighted by atomic mass is 16.7. The predicted molar refractivity (Wildman–Crippen MR) is 271 cm³/mol. The second kappa shape index (κ2) is 18.4. The van der Waals surface area contributed by atoms with Gasteiger partial charge in [-0.1, -0.05) is 121 Å². The highest BCUT2D eigenvalue weighted by Crippen LogP contribution is 2.49. The largest absolute Gasteiger partial charge is 0.380 e. The summed E-state index contributed by atoms with van der Waals surface area (Å²) >= 11 is 0. The van der Waals surface area contributed by atoms with E-state index in [9.17, 15) is 0 Å². The number of rotatable bonds is 10. The lowest BCUT2D eigenvalue weighted by Gasteiger charge is -2.43. The number of aromatic amines is 2. The van der Waals surface area contributed by atoms with Crippen molar-refractivity contribution in [1.82, 2.24) is 25.3 Å². The molecule has 2 fully saturated rings. The van der Waals surface area contributed by atoms with Crippen molar-refractivity contribution in [2.24, 2.45) is 5.92 Å². The highest BCUT2D eigenvalue weighted by Gasteiger charge is 2.45. The second-order valence-electron chi connectivity index (χ2n) is 18.4. The van der Waals surface area contributed by atoms with Gasteiger partial charge in [0.1, 0.15) is 0 Å². The van der Waals surface area contributed by atoms with Gasteiger partial charge in [-0.2, -0.15) is 0 Å². The molecule has 0 saturated carbocycles. The van der Waals surface area contributed by atoms with E-state index in [2.05, 4.69) is 173 Å². The lowest BCUT2D eigenvalue weighted by Crippen LogP contribution is -2.49. The first-order valence-electron chi connectivity index (χ1n) is 24.3. The molecule has 8 heteroatoms. The van der Waals surface area contributed by atoms with Crippen molar-refractivity contribution in [1.29, 1.82) is 0 Å². The fourth-order valence-electron chi connectivity index (χ4n) is 11.0. The van der Waals surface area contributed by atoms with E-state index in [-0.39, 0.29) is 24.4 Å². The summed E-state index contributed by atoms with van der Waals surface area (Å²) in [6.45, 7) is 2.22. The average molecular weight is 882 g/mol. The van der Waals surface area contributed by atoms with Crippen LogP contribution in [0.4, 0.5) is 0 Å². The van der Waals surface area contributed by atoms with E-state index in [1.165, 1.54) is 6.42 Å². The van der Waals surface area contributed by atoms with Crippen molar-refractivity contribution < 1.29 is 14.2 Å². The van der Waals surface area contributed by atoms with Crippen molar-refractivity contribution in [2.75, 3.05) is 19.8 Å². The zero-order valence-corrected chi connectivity index (χ0v) is 37.7. The van der Waals surface area contributed by atoms with Crippen LogP contribution >= 0.6 is 0 Å². The van der Waals surface area contributed by atoms with Gasteiger partial charge in [-0.3, -0.25) is 0 Å². The zero-order valence-electron chi connectivity index (χ0n) is 37.7. The fourth-order valence-corrected chi connectivity index (χ4v) is 11.0. The number of benzene rings is 4. The predicted octanol–water partition coefficient (Wildman–Crippen LogP) is 13.5. The summed E-state index contributed by atoms with van der Waals surface area (Å²) in [5.41, 5.74) is 18.2. The van der Waals surface area contributed by atoms with Gasteiger partial charge in [-0.25, -0.2) is 9.97 Å². The maximum Gasteiger partial charge on any atom is 0.157 e. The Hall–Kier alpha value is -6.84. The third-order valence-electron chi connectivity index (χ3n) is 14.2. The third-order valence-corrected chi connectivity index (χ3v) is 14.2. The average Bonchev–Trinajstić information content (AvgIpc) is 4.23. The quantitative estimate of drug-likeness (QED) is 0.118. The van der Waals surface area contributed by atoms with Gasteiger partial charge in [0, 0.05) is 81.7 Å². The molecule has 8 heterocycles. The van der Waals surface area contributed by atoms with Crippen LogP contribution < -0.4 is 5.32 Å². The lowest BCUT2D eigenvalue weighted by atomic mass is 9.76. The molecule has 334 valence electrons. The second-order valence-corrected chi connectivity index (χ2v) is 18.4. The van der Waals surface area contributed by atoms with Crippen molar-refractivity contribution >= 4 is 45.5 Å². The Kier molecular flexibility index (Phi) is 11.4. The first-order valence-corrected chi connectivity index (χ1v) is 24.3. The van der Waals surface area contributed by atoms with Gasteiger partial charge in [0.05, 0.1) is 34.6 Å². The normalized spacial score (nSPS) is 20.0. The molecule has 3 aromatic heterocycles. The van der Waals surface area contributed by atoms with E-state index in [0.717, 1.165) is 152 Å². The molecule has 0 amide bonds. The molecular formula is C59H55N5O3. The summed E-state index contributed by atoms with van der Waals surface area (Å²) in [4.78, 5) is 19.4.